The van der Waals surface area contributed by atoms with E-state index in [4.69, 9.17) is 11.6 Å². The molecule has 0 radical (unpaired) electrons. The quantitative estimate of drug-likeness (QED) is 0.736. The predicted molar refractivity (Wildman–Crippen MR) is 110 cm³/mol. The molecule has 26 heavy (non-hydrogen) atoms. The minimum Gasteiger partial charge on any atom is -0.313 e. The third kappa shape index (κ3) is 3.26. The Morgan fingerprint density at radius 3 is 2.92 bits per heavy atom. The molecule has 0 saturated carbocycles. The van der Waals surface area contributed by atoms with E-state index in [1.807, 2.05) is 31.2 Å². The van der Waals surface area contributed by atoms with Crippen LogP contribution in [0, 0.1) is 12.8 Å². The Bertz CT molecular complexity index is 1000. The molecule has 0 saturated heterocycles. The number of hydrogen-bond donors (Lipinski definition) is 1. The van der Waals surface area contributed by atoms with Crippen LogP contribution in [0.1, 0.15) is 24.8 Å². The second kappa shape index (κ2) is 7.12. The third-order valence-electron chi connectivity index (χ3n) is 5.42. The van der Waals surface area contributed by atoms with E-state index in [0.717, 1.165) is 41.6 Å². The molecule has 1 aliphatic heterocycles. The van der Waals surface area contributed by atoms with E-state index in [0.29, 0.717) is 21.6 Å². The van der Waals surface area contributed by atoms with Crippen LogP contribution in [0.3, 0.4) is 0 Å². The lowest BCUT2D eigenvalue weighted by Crippen LogP contribution is -2.29. The highest BCUT2D eigenvalue weighted by Gasteiger charge is 2.34. The highest BCUT2D eigenvalue weighted by atomic mass is 35.5. The molecule has 0 amide bonds. The van der Waals surface area contributed by atoms with Crippen LogP contribution in [0.2, 0.25) is 5.02 Å². The van der Waals surface area contributed by atoms with Crippen LogP contribution in [0.15, 0.2) is 46.2 Å². The molecule has 1 N–H and O–H groups in total. The van der Waals surface area contributed by atoms with Crippen molar-refractivity contribution in [2.45, 2.75) is 35.6 Å². The van der Waals surface area contributed by atoms with Gasteiger partial charge in [0, 0.05) is 16.3 Å². The summed E-state index contributed by atoms with van der Waals surface area (Å²) in [4.78, 5) is 0. The van der Waals surface area contributed by atoms with Crippen molar-refractivity contribution in [1.29, 1.82) is 0 Å². The van der Waals surface area contributed by atoms with Crippen molar-refractivity contribution in [2.75, 3.05) is 13.1 Å². The van der Waals surface area contributed by atoms with Gasteiger partial charge in [0.15, 0.2) is 9.84 Å². The van der Waals surface area contributed by atoms with Crippen LogP contribution < -0.4 is 5.32 Å². The number of thiophene rings is 1. The van der Waals surface area contributed by atoms with Crippen LogP contribution in [-0.4, -0.2) is 26.8 Å². The number of allylic oxidation sites excluding steroid dienone is 1. The van der Waals surface area contributed by atoms with Gasteiger partial charge in [-0.05, 0) is 67.8 Å². The van der Waals surface area contributed by atoms with Crippen molar-refractivity contribution < 1.29 is 8.42 Å². The van der Waals surface area contributed by atoms with Gasteiger partial charge in [-0.2, -0.15) is 0 Å². The first-order valence-corrected chi connectivity index (χ1v) is 11.7. The van der Waals surface area contributed by atoms with Gasteiger partial charge < -0.3 is 5.32 Å². The summed E-state index contributed by atoms with van der Waals surface area (Å²) >= 11 is 7.47. The highest BCUT2D eigenvalue weighted by molar-refractivity contribution is 7.94. The van der Waals surface area contributed by atoms with Gasteiger partial charge >= 0.3 is 0 Å². The van der Waals surface area contributed by atoms with Gasteiger partial charge in [-0.25, -0.2) is 8.42 Å². The van der Waals surface area contributed by atoms with Gasteiger partial charge in [0.05, 0.1) is 5.25 Å². The van der Waals surface area contributed by atoms with Crippen molar-refractivity contribution >= 4 is 42.9 Å². The molecule has 1 aliphatic carbocycles. The van der Waals surface area contributed by atoms with Crippen LogP contribution in [0.25, 0.3) is 10.1 Å². The fraction of sp³-hybridized carbons (Fsp3) is 0.400. The average Bonchev–Trinajstić information content (AvgIpc) is 2.99. The molecule has 1 aromatic heterocycles. The van der Waals surface area contributed by atoms with E-state index in [1.165, 1.54) is 16.9 Å². The highest BCUT2D eigenvalue weighted by Crippen LogP contribution is 2.40. The summed E-state index contributed by atoms with van der Waals surface area (Å²) in [7, 11) is -3.39. The first kappa shape index (κ1) is 18.2. The van der Waals surface area contributed by atoms with E-state index < -0.39 is 15.1 Å². The summed E-state index contributed by atoms with van der Waals surface area (Å²) in [6.07, 6.45) is 8.83. The van der Waals surface area contributed by atoms with E-state index in [1.54, 1.807) is 0 Å². The number of rotatable bonds is 3. The monoisotopic (exact) mass is 407 g/mol. The Kier molecular flexibility index (Phi) is 4.99. The van der Waals surface area contributed by atoms with Crippen LogP contribution in [0.5, 0.6) is 0 Å². The third-order valence-corrected chi connectivity index (χ3v) is 9.64. The maximum absolute atomic E-state index is 13.4. The van der Waals surface area contributed by atoms with Gasteiger partial charge in [-0.15, -0.1) is 11.3 Å². The molecule has 2 aliphatic rings. The summed E-state index contributed by atoms with van der Waals surface area (Å²) in [6, 6.07) is 5.59. The Labute approximate surface area is 163 Å². The smallest absolute Gasteiger partial charge is 0.194 e. The molecule has 2 heterocycles. The maximum Gasteiger partial charge on any atom is 0.194 e. The Morgan fingerprint density at radius 2 is 2.15 bits per heavy atom. The Hall–Kier alpha value is -1.14. The Morgan fingerprint density at radius 1 is 1.31 bits per heavy atom. The fourth-order valence-corrected chi connectivity index (χ4v) is 7.79. The largest absolute Gasteiger partial charge is 0.313 e. The second-order valence-corrected chi connectivity index (χ2v) is 10.9. The van der Waals surface area contributed by atoms with Crippen molar-refractivity contribution in [1.82, 2.24) is 5.32 Å². The molecular formula is C20H22ClNO2S2. The molecule has 1 aromatic carbocycles. The van der Waals surface area contributed by atoms with Crippen molar-refractivity contribution in [3.63, 3.8) is 0 Å². The van der Waals surface area contributed by atoms with E-state index >= 15 is 0 Å². The molecule has 138 valence electrons. The summed E-state index contributed by atoms with van der Waals surface area (Å²) in [6.45, 7) is 3.77. The number of halogens is 1. The van der Waals surface area contributed by atoms with Crippen molar-refractivity contribution in [3.8, 4) is 0 Å². The second-order valence-electron chi connectivity index (χ2n) is 7.07. The molecule has 2 unspecified atom stereocenters. The molecule has 2 atom stereocenters. The zero-order chi connectivity index (χ0) is 18.3. The summed E-state index contributed by atoms with van der Waals surface area (Å²) in [5.74, 6) is 0.339. The van der Waals surface area contributed by atoms with E-state index in [9.17, 15) is 8.42 Å². The van der Waals surface area contributed by atoms with Gasteiger partial charge in [0.2, 0.25) is 0 Å². The fourth-order valence-electron chi connectivity index (χ4n) is 3.97. The van der Waals surface area contributed by atoms with Gasteiger partial charge in [0.25, 0.3) is 0 Å². The van der Waals surface area contributed by atoms with Crippen LogP contribution >= 0.6 is 22.9 Å². The minimum absolute atomic E-state index is 0.339. The molecule has 0 spiro atoms. The zero-order valence-corrected chi connectivity index (χ0v) is 17.1. The molecule has 2 aromatic rings. The first-order chi connectivity index (χ1) is 12.5. The lowest BCUT2D eigenvalue weighted by Gasteiger charge is -2.28. The van der Waals surface area contributed by atoms with E-state index in [-0.39, 0.29) is 0 Å². The standard InChI is InChI=1S/C20H22ClNO2S2/c1-13-18-12-16(21)5-6-19(18)25-20(13)26(23,24)17-4-2-3-15(11-17)14-7-9-22-10-8-14/h2,4-7,12,15,17,22H,3,8-11H2,1H3. The molecule has 3 nitrogen and oxygen atoms in total. The number of aryl methyl sites for hydroxylation is 1. The number of fused-ring (bicyclic) bond motifs is 1. The lowest BCUT2D eigenvalue weighted by molar-refractivity contribution is 0.501. The summed E-state index contributed by atoms with van der Waals surface area (Å²) in [5.41, 5.74) is 2.23. The minimum atomic E-state index is -3.39. The van der Waals surface area contributed by atoms with Gasteiger partial charge in [-0.1, -0.05) is 35.4 Å². The van der Waals surface area contributed by atoms with Gasteiger partial charge in [-0.3, -0.25) is 0 Å². The molecular weight excluding hydrogens is 386 g/mol. The SMILES string of the molecule is Cc1c(S(=O)(=O)C2C=CCC(C3=CCNCC3)C2)sc2ccc(Cl)cc12. The van der Waals surface area contributed by atoms with Gasteiger partial charge in [0.1, 0.15) is 4.21 Å². The van der Waals surface area contributed by atoms with E-state index in [2.05, 4.69) is 17.5 Å². The number of nitrogens with one attached hydrogen (secondary N) is 1. The normalized spacial score (nSPS) is 24.0. The van der Waals surface area contributed by atoms with Crippen molar-refractivity contribution in [3.05, 3.63) is 52.6 Å². The summed E-state index contributed by atoms with van der Waals surface area (Å²) < 4.78 is 28.2. The predicted octanol–water partition coefficient (Wildman–Crippen LogP) is 4.89. The number of hydrogen-bond acceptors (Lipinski definition) is 4. The molecule has 4 rings (SSSR count). The average molecular weight is 408 g/mol. The van der Waals surface area contributed by atoms with Crippen LogP contribution in [-0.2, 0) is 9.84 Å². The molecule has 0 bridgehead atoms. The topological polar surface area (TPSA) is 46.2 Å². The lowest BCUT2D eigenvalue weighted by atomic mass is 9.84. The first-order valence-electron chi connectivity index (χ1n) is 8.95. The zero-order valence-electron chi connectivity index (χ0n) is 14.7. The maximum atomic E-state index is 13.4. The molecule has 6 heteroatoms. The number of sulfone groups is 1. The number of benzene rings is 1. The van der Waals surface area contributed by atoms with Crippen LogP contribution in [0.4, 0.5) is 0 Å². The molecule has 0 fully saturated rings. The summed E-state index contributed by atoms with van der Waals surface area (Å²) in [5, 5.41) is 4.46. The van der Waals surface area contributed by atoms with Crippen molar-refractivity contribution in [2.24, 2.45) is 5.92 Å². The Balaban J connectivity index is 1.68.